The molecule has 4 heteroatoms. The number of rotatable bonds is 5. The molecule has 1 N–H and O–H groups in total. The van der Waals surface area contributed by atoms with Gasteiger partial charge in [-0.15, -0.1) is 0 Å². The van der Waals surface area contributed by atoms with Gasteiger partial charge in [0.2, 0.25) is 0 Å². The van der Waals surface area contributed by atoms with Crippen LogP contribution in [0.5, 0.6) is 17.2 Å². The van der Waals surface area contributed by atoms with Crippen LogP contribution in [-0.4, -0.2) is 18.2 Å². The Morgan fingerprint density at radius 2 is 1.68 bits per heavy atom. The fourth-order valence-electron chi connectivity index (χ4n) is 1.68. The zero-order chi connectivity index (χ0) is 13.7. The van der Waals surface area contributed by atoms with Gasteiger partial charge in [0.1, 0.15) is 17.2 Å². The second kappa shape index (κ2) is 5.91. The molecule has 0 atom stereocenters. The summed E-state index contributed by atoms with van der Waals surface area (Å²) < 4.78 is 10.8. The first-order valence-electron chi connectivity index (χ1n) is 5.80. The molecule has 19 heavy (non-hydrogen) atoms. The Morgan fingerprint density at radius 3 is 2.32 bits per heavy atom. The van der Waals surface area contributed by atoms with Crippen LogP contribution in [0.15, 0.2) is 48.5 Å². The van der Waals surface area contributed by atoms with Crippen LogP contribution in [0.1, 0.15) is 5.56 Å². The maximum absolute atomic E-state index is 10.8. The Morgan fingerprint density at radius 1 is 1.05 bits per heavy atom. The number of hydrogen-bond acceptors (Lipinski definition) is 3. The van der Waals surface area contributed by atoms with Crippen LogP contribution in [-0.2, 0) is 11.2 Å². The fraction of sp³-hybridized carbons (Fsp3) is 0.133. The van der Waals surface area contributed by atoms with E-state index in [2.05, 4.69) is 0 Å². The molecular formula is C15H14O4. The molecule has 0 aromatic heterocycles. The summed E-state index contributed by atoms with van der Waals surface area (Å²) in [5, 5.41) is 8.85. The van der Waals surface area contributed by atoms with Crippen LogP contribution in [0.25, 0.3) is 0 Å². The Bertz CT molecular complexity index is 561. The highest BCUT2D eigenvalue weighted by molar-refractivity contribution is 5.71. The third kappa shape index (κ3) is 3.48. The van der Waals surface area contributed by atoms with Crippen molar-refractivity contribution < 1.29 is 19.4 Å². The summed E-state index contributed by atoms with van der Waals surface area (Å²) in [5.74, 6) is 1.05. The topological polar surface area (TPSA) is 55.8 Å². The molecule has 0 aliphatic rings. The first-order chi connectivity index (χ1) is 9.19. The van der Waals surface area contributed by atoms with Crippen molar-refractivity contribution in [2.45, 2.75) is 6.42 Å². The van der Waals surface area contributed by atoms with E-state index in [-0.39, 0.29) is 6.42 Å². The lowest BCUT2D eigenvalue weighted by Crippen LogP contribution is -2.01. The number of carboxylic acids is 1. The lowest BCUT2D eigenvalue weighted by Gasteiger charge is -2.10. The maximum Gasteiger partial charge on any atom is 0.307 e. The normalized spacial score (nSPS) is 9.95. The first-order valence-corrected chi connectivity index (χ1v) is 5.80. The molecule has 4 nitrogen and oxygen atoms in total. The van der Waals surface area contributed by atoms with Crippen LogP contribution in [0.3, 0.4) is 0 Å². The van der Waals surface area contributed by atoms with Gasteiger partial charge in [0, 0.05) is 5.56 Å². The zero-order valence-corrected chi connectivity index (χ0v) is 10.5. The van der Waals surface area contributed by atoms with Gasteiger partial charge in [-0.3, -0.25) is 4.79 Å². The second-order valence-corrected chi connectivity index (χ2v) is 3.96. The van der Waals surface area contributed by atoms with Crippen LogP contribution < -0.4 is 9.47 Å². The summed E-state index contributed by atoms with van der Waals surface area (Å²) in [7, 11) is 1.60. The molecule has 2 aromatic carbocycles. The van der Waals surface area contributed by atoms with E-state index in [9.17, 15) is 4.79 Å². The minimum Gasteiger partial charge on any atom is -0.497 e. The van der Waals surface area contributed by atoms with Crippen molar-refractivity contribution >= 4 is 5.97 Å². The Kier molecular flexibility index (Phi) is 4.03. The number of para-hydroxylation sites is 1. The maximum atomic E-state index is 10.8. The van der Waals surface area contributed by atoms with Gasteiger partial charge in [-0.25, -0.2) is 0 Å². The number of benzene rings is 2. The van der Waals surface area contributed by atoms with E-state index in [1.807, 2.05) is 6.07 Å². The Balaban J connectivity index is 2.19. The molecule has 0 saturated heterocycles. The van der Waals surface area contributed by atoms with Crippen molar-refractivity contribution in [3.05, 3.63) is 54.1 Å². The number of carboxylic acid groups (broad SMARTS) is 1. The Labute approximate surface area is 111 Å². The standard InChI is InChI=1S/C15H14O4/c1-18-12-6-8-13(9-7-12)19-14-5-3-2-4-11(14)10-15(16)17/h2-9H,10H2,1H3,(H,16,17). The van der Waals surface area contributed by atoms with Crippen molar-refractivity contribution in [2.75, 3.05) is 7.11 Å². The molecule has 0 spiro atoms. The van der Waals surface area contributed by atoms with Crippen LogP contribution in [0.2, 0.25) is 0 Å². The fourth-order valence-corrected chi connectivity index (χ4v) is 1.68. The molecule has 0 saturated carbocycles. The zero-order valence-electron chi connectivity index (χ0n) is 10.5. The monoisotopic (exact) mass is 258 g/mol. The summed E-state index contributed by atoms with van der Waals surface area (Å²) in [6.45, 7) is 0. The largest absolute Gasteiger partial charge is 0.497 e. The van der Waals surface area contributed by atoms with E-state index < -0.39 is 5.97 Å². The molecule has 2 rings (SSSR count). The highest BCUT2D eigenvalue weighted by Crippen LogP contribution is 2.27. The highest BCUT2D eigenvalue weighted by Gasteiger charge is 2.08. The minimum atomic E-state index is -0.884. The van der Waals surface area contributed by atoms with E-state index in [1.165, 1.54) is 0 Å². The van der Waals surface area contributed by atoms with Crippen molar-refractivity contribution in [3.8, 4) is 17.2 Å². The van der Waals surface area contributed by atoms with E-state index in [0.717, 1.165) is 5.75 Å². The van der Waals surface area contributed by atoms with Crippen LogP contribution in [0, 0.1) is 0 Å². The smallest absolute Gasteiger partial charge is 0.307 e. The summed E-state index contributed by atoms with van der Waals surface area (Å²) >= 11 is 0. The van der Waals surface area contributed by atoms with Crippen molar-refractivity contribution in [3.63, 3.8) is 0 Å². The second-order valence-electron chi connectivity index (χ2n) is 3.96. The predicted octanol–water partition coefficient (Wildman–Crippen LogP) is 3.11. The molecular weight excluding hydrogens is 244 g/mol. The van der Waals surface area contributed by atoms with E-state index in [0.29, 0.717) is 17.1 Å². The molecule has 2 aromatic rings. The summed E-state index contributed by atoms with van der Waals surface area (Å²) in [4.78, 5) is 10.8. The average molecular weight is 258 g/mol. The van der Waals surface area contributed by atoms with Gasteiger partial charge in [-0.1, -0.05) is 18.2 Å². The van der Waals surface area contributed by atoms with Gasteiger partial charge < -0.3 is 14.6 Å². The lowest BCUT2D eigenvalue weighted by atomic mass is 10.1. The number of ether oxygens (including phenoxy) is 2. The molecule has 0 unspecified atom stereocenters. The van der Waals surface area contributed by atoms with Crippen molar-refractivity contribution in [2.24, 2.45) is 0 Å². The average Bonchev–Trinajstić information content (AvgIpc) is 2.41. The van der Waals surface area contributed by atoms with E-state index in [1.54, 1.807) is 49.6 Å². The quantitative estimate of drug-likeness (QED) is 0.895. The third-order valence-corrected chi connectivity index (χ3v) is 2.60. The van der Waals surface area contributed by atoms with Crippen molar-refractivity contribution in [1.29, 1.82) is 0 Å². The van der Waals surface area contributed by atoms with E-state index >= 15 is 0 Å². The number of methoxy groups -OCH3 is 1. The molecule has 0 bridgehead atoms. The summed E-state index contributed by atoms with van der Waals surface area (Å²) in [6, 6.07) is 14.2. The first kappa shape index (κ1) is 13.0. The highest BCUT2D eigenvalue weighted by atomic mass is 16.5. The number of carbonyl (C=O) groups is 1. The molecule has 0 amide bonds. The van der Waals surface area contributed by atoms with Gasteiger partial charge in [-0.05, 0) is 30.3 Å². The van der Waals surface area contributed by atoms with Gasteiger partial charge >= 0.3 is 5.97 Å². The van der Waals surface area contributed by atoms with Crippen molar-refractivity contribution in [1.82, 2.24) is 0 Å². The number of aliphatic carboxylic acids is 1. The van der Waals surface area contributed by atoms with Crippen LogP contribution >= 0.6 is 0 Å². The van der Waals surface area contributed by atoms with Gasteiger partial charge in [-0.2, -0.15) is 0 Å². The molecule has 0 fully saturated rings. The Hall–Kier alpha value is -2.49. The molecule has 0 aliphatic heterocycles. The lowest BCUT2D eigenvalue weighted by molar-refractivity contribution is -0.136. The molecule has 0 radical (unpaired) electrons. The van der Waals surface area contributed by atoms with Gasteiger partial charge in [0.15, 0.2) is 0 Å². The predicted molar refractivity (Wildman–Crippen MR) is 70.8 cm³/mol. The number of hydrogen-bond donors (Lipinski definition) is 1. The van der Waals surface area contributed by atoms with E-state index in [4.69, 9.17) is 14.6 Å². The minimum absolute atomic E-state index is 0.0632. The summed E-state index contributed by atoms with van der Waals surface area (Å²) in [5.41, 5.74) is 0.644. The molecule has 0 aliphatic carbocycles. The van der Waals surface area contributed by atoms with Gasteiger partial charge in [0.25, 0.3) is 0 Å². The molecule has 0 heterocycles. The third-order valence-electron chi connectivity index (χ3n) is 2.60. The SMILES string of the molecule is COc1ccc(Oc2ccccc2CC(=O)O)cc1. The summed E-state index contributed by atoms with van der Waals surface area (Å²) in [6.07, 6.45) is -0.0632. The molecule has 98 valence electrons. The van der Waals surface area contributed by atoms with Crippen LogP contribution in [0.4, 0.5) is 0 Å². The van der Waals surface area contributed by atoms with Gasteiger partial charge in [0.05, 0.1) is 13.5 Å².